The minimum absolute atomic E-state index is 0.529. The van der Waals surface area contributed by atoms with Crippen molar-refractivity contribution in [3.05, 3.63) is 29.8 Å². The fourth-order valence-corrected chi connectivity index (χ4v) is 3.18. The highest BCUT2D eigenvalue weighted by molar-refractivity contribution is 7.99. The molecule has 0 saturated heterocycles. The van der Waals surface area contributed by atoms with Gasteiger partial charge in [0.25, 0.3) is 0 Å². The van der Waals surface area contributed by atoms with Crippen molar-refractivity contribution < 1.29 is 5.11 Å². The molecule has 0 bridgehead atoms. The molecular weight excluding hydrogens is 272 g/mol. The SMILES string of the molecule is C[C@H](O)c1ccc(Sc2nnc3n2CCCCC3)cn1. The summed E-state index contributed by atoms with van der Waals surface area (Å²) in [5, 5.41) is 19.0. The molecule has 0 amide bonds. The summed E-state index contributed by atoms with van der Waals surface area (Å²) in [6, 6.07) is 3.82. The van der Waals surface area contributed by atoms with E-state index in [1.807, 2.05) is 12.1 Å². The van der Waals surface area contributed by atoms with Crippen LogP contribution in [-0.4, -0.2) is 24.9 Å². The van der Waals surface area contributed by atoms with Gasteiger partial charge in [-0.25, -0.2) is 0 Å². The maximum absolute atomic E-state index is 9.46. The summed E-state index contributed by atoms with van der Waals surface area (Å²) < 4.78 is 2.22. The molecule has 20 heavy (non-hydrogen) atoms. The minimum atomic E-state index is -0.529. The van der Waals surface area contributed by atoms with E-state index in [1.165, 1.54) is 19.3 Å². The van der Waals surface area contributed by atoms with E-state index in [-0.39, 0.29) is 0 Å². The van der Waals surface area contributed by atoms with E-state index in [9.17, 15) is 5.11 Å². The maximum Gasteiger partial charge on any atom is 0.196 e. The van der Waals surface area contributed by atoms with Crippen LogP contribution < -0.4 is 0 Å². The number of aryl methyl sites for hydroxylation is 1. The fourth-order valence-electron chi connectivity index (χ4n) is 2.34. The lowest BCUT2D eigenvalue weighted by molar-refractivity contribution is 0.194. The largest absolute Gasteiger partial charge is 0.387 e. The first kappa shape index (κ1) is 13.6. The summed E-state index contributed by atoms with van der Waals surface area (Å²) in [6.07, 6.45) is 5.93. The zero-order valence-corrected chi connectivity index (χ0v) is 12.3. The van der Waals surface area contributed by atoms with Gasteiger partial charge in [-0.15, -0.1) is 10.2 Å². The van der Waals surface area contributed by atoms with Crippen LogP contribution in [-0.2, 0) is 13.0 Å². The number of aromatic nitrogens is 4. The molecule has 3 rings (SSSR count). The van der Waals surface area contributed by atoms with Crippen molar-refractivity contribution >= 4 is 11.8 Å². The molecule has 3 heterocycles. The van der Waals surface area contributed by atoms with E-state index in [2.05, 4.69) is 19.7 Å². The van der Waals surface area contributed by atoms with E-state index < -0.39 is 6.10 Å². The molecule has 0 fully saturated rings. The summed E-state index contributed by atoms with van der Waals surface area (Å²) in [6.45, 7) is 2.72. The van der Waals surface area contributed by atoms with Crippen LogP contribution in [0.15, 0.2) is 28.4 Å². The van der Waals surface area contributed by atoms with E-state index in [0.29, 0.717) is 5.69 Å². The Labute approximate surface area is 122 Å². The van der Waals surface area contributed by atoms with Gasteiger partial charge in [-0.3, -0.25) is 4.98 Å². The predicted molar refractivity (Wildman–Crippen MR) is 76.6 cm³/mol. The smallest absolute Gasteiger partial charge is 0.196 e. The lowest BCUT2D eigenvalue weighted by atomic mass is 10.2. The Morgan fingerprint density at radius 1 is 1.25 bits per heavy atom. The van der Waals surface area contributed by atoms with Gasteiger partial charge < -0.3 is 9.67 Å². The molecule has 6 heteroatoms. The molecule has 0 radical (unpaired) electrons. The molecule has 0 saturated carbocycles. The van der Waals surface area contributed by atoms with Crippen molar-refractivity contribution in [2.24, 2.45) is 0 Å². The third-order valence-corrected chi connectivity index (χ3v) is 4.43. The zero-order valence-electron chi connectivity index (χ0n) is 11.5. The average molecular weight is 290 g/mol. The normalized spacial score (nSPS) is 16.5. The molecule has 1 aliphatic rings. The number of aliphatic hydroxyl groups excluding tert-OH is 1. The fraction of sp³-hybridized carbons (Fsp3) is 0.500. The van der Waals surface area contributed by atoms with Gasteiger partial charge in [0.15, 0.2) is 5.16 Å². The number of pyridine rings is 1. The van der Waals surface area contributed by atoms with Gasteiger partial charge in [0.2, 0.25) is 0 Å². The topological polar surface area (TPSA) is 63.8 Å². The van der Waals surface area contributed by atoms with E-state index in [4.69, 9.17) is 0 Å². The van der Waals surface area contributed by atoms with Crippen molar-refractivity contribution in [2.45, 2.75) is 55.3 Å². The molecule has 0 spiro atoms. The van der Waals surface area contributed by atoms with Gasteiger partial charge >= 0.3 is 0 Å². The Morgan fingerprint density at radius 2 is 2.15 bits per heavy atom. The van der Waals surface area contributed by atoms with Crippen LogP contribution in [0.25, 0.3) is 0 Å². The molecule has 0 unspecified atom stereocenters. The molecule has 1 N–H and O–H groups in total. The van der Waals surface area contributed by atoms with E-state index >= 15 is 0 Å². The highest BCUT2D eigenvalue weighted by atomic mass is 32.2. The van der Waals surface area contributed by atoms with Crippen LogP contribution in [0.3, 0.4) is 0 Å². The van der Waals surface area contributed by atoms with Crippen LogP contribution in [0.4, 0.5) is 0 Å². The molecule has 106 valence electrons. The maximum atomic E-state index is 9.46. The average Bonchev–Trinajstić information content (AvgIpc) is 2.69. The lowest BCUT2D eigenvalue weighted by Gasteiger charge is -2.07. The molecule has 5 nitrogen and oxygen atoms in total. The third kappa shape index (κ3) is 2.86. The van der Waals surface area contributed by atoms with Crippen LogP contribution >= 0.6 is 11.8 Å². The highest BCUT2D eigenvalue weighted by Crippen LogP contribution is 2.28. The molecular formula is C14H18N4OS. The quantitative estimate of drug-likeness (QED) is 0.941. The first-order valence-electron chi connectivity index (χ1n) is 6.98. The van der Waals surface area contributed by atoms with Crippen molar-refractivity contribution in [3.8, 4) is 0 Å². The van der Waals surface area contributed by atoms with Gasteiger partial charge in [-0.05, 0) is 43.7 Å². The molecule has 2 aromatic heterocycles. The van der Waals surface area contributed by atoms with Gasteiger partial charge in [0.05, 0.1) is 11.8 Å². The predicted octanol–water partition coefficient (Wildman–Crippen LogP) is 2.60. The van der Waals surface area contributed by atoms with Crippen LogP contribution in [0.2, 0.25) is 0 Å². The zero-order chi connectivity index (χ0) is 13.9. The van der Waals surface area contributed by atoms with Gasteiger partial charge in [-0.2, -0.15) is 0 Å². The second-order valence-corrected chi connectivity index (χ2v) is 6.10. The van der Waals surface area contributed by atoms with Crippen molar-refractivity contribution in [3.63, 3.8) is 0 Å². The number of rotatable bonds is 3. The van der Waals surface area contributed by atoms with Gasteiger partial charge in [0.1, 0.15) is 5.82 Å². The van der Waals surface area contributed by atoms with E-state index in [1.54, 1.807) is 24.9 Å². The Balaban J connectivity index is 1.79. The standard InChI is InChI=1S/C14H18N4OS/c1-10(19)12-7-6-11(9-15-12)20-14-17-16-13-5-3-2-4-8-18(13)14/h6-7,9-10,19H,2-5,8H2,1H3/t10-/m0/s1. The summed E-state index contributed by atoms with van der Waals surface area (Å²) >= 11 is 1.58. The molecule has 0 aromatic carbocycles. The molecule has 1 atom stereocenters. The van der Waals surface area contributed by atoms with Crippen molar-refractivity contribution in [2.75, 3.05) is 0 Å². The summed E-state index contributed by atoms with van der Waals surface area (Å²) in [7, 11) is 0. The van der Waals surface area contributed by atoms with Gasteiger partial charge in [-0.1, -0.05) is 6.42 Å². The Hall–Kier alpha value is -1.40. The third-order valence-electron chi connectivity index (χ3n) is 3.47. The Bertz CT molecular complexity index is 579. The number of aliphatic hydroxyl groups is 1. The van der Waals surface area contributed by atoms with Gasteiger partial charge in [0, 0.05) is 24.1 Å². The van der Waals surface area contributed by atoms with Crippen LogP contribution in [0.5, 0.6) is 0 Å². The number of hydrogen-bond acceptors (Lipinski definition) is 5. The monoisotopic (exact) mass is 290 g/mol. The van der Waals surface area contributed by atoms with Crippen LogP contribution in [0.1, 0.15) is 43.8 Å². The summed E-state index contributed by atoms with van der Waals surface area (Å²) in [5.74, 6) is 1.10. The molecule has 0 aliphatic carbocycles. The first-order chi connectivity index (χ1) is 9.74. The lowest BCUT2D eigenvalue weighted by Crippen LogP contribution is -2.02. The Morgan fingerprint density at radius 3 is 2.90 bits per heavy atom. The van der Waals surface area contributed by atoms with E-state index in [0.717, 1.165) is 28.8 Å². The Kier molecular flexibility index (Phi) is 4.03. The van der Waals surface area contributed by atoms with Crippen molar-refractivity contribution in [1.82, 2.24) is 19.7 Å². The second-order valence-electron chi connectivity index (χ2n) is 5.06. The summed E-state index contributed by atoms with van der Waals surface area (Å²) in [5.41, 5.74) is 0.689. The first-order valence-corrected chi connectivity index (χ1v) is 7.79. The number of nitrogens with zero attached hydrogens (tertiary/aromatic N) is 4. The van der Waals surface area contributed by atoms with Crippen molar-refractivity contribution in [1.29, 1.82) is 0 Å². The molecule has 1 aliphatic heterocycles. The number of hydrogen-bond donors (Lipinski definition) is 1. The second kappa shape index (κ2) is 5.93. The number of fused-ring (bicyclic) bond motifs is 1. The molecule has 2 aromatic rings. The van der Waals surface area contributed by atoms with Crippen LogP contribution in [0, 0.1) is 0 Å². The highest BCUT2D eigenvalue weighted by Gasteiger charge is 2.15. The summed E-state index contributed by atoms with van der Waals surface area (Å²) in [4.78, 5) is 5.28. The minimum Gasteiger partial charge on any atom is -0.387 e.